The van der Waals surface area contributed by atoms with Crippen LogP contribution < -0.4 is 5.32 Å². The second-order valence-corrected chi connectivity index (χ2v) is 7.50. The number of nitrogens with zero attached hydrogens (tertiary/aromatic N) is 3. The van der Waals surface area contributed by atoms with Crippen molar-refractivity contribution in [2.24, 2.45) is 7.05 Å². The molecule has 21 heavy (non-hydrogen) atoms. The number of rotatable bonds is 4. The van der Waals surface area contributed by atoms with Crippen LogP contribution in [0.4, 0.5) is 0 Å². The fourth-order valence-corrected chi connectivity index (χ4v) is 2.86. The summed E-state index contributed by atoms with van der Waals surface area (Å²) in [6, 6.07) is 6.11. The van der Waals surface area contributed by atoms with Gasteiger partial charge in [0.15, 0.2) is 5.16 Å². The molecule has 1 aromatic carbocycles. The zero-order valence-electron chi connectivity index (χ0n) is 13.1. The molecule has 4 nitrogen and oxygen atoms in total. The number of aryl methyl sites for hydroxylation is 1. The highest BCUT2D eigenvalue weighted by Crippen LogP contribution is 2.30. The van der Waals surface area contributed by atoms with Gasteiger partial charge >= 0.3 is 0 Å². The molecule has 0 spiro atoms. The molecule has 0 saturated carbocycles. The lowest BCUT2D eigenvalue weighted by Gasteiger charge is -2.21. The Hall–Kier alpha value is -1.04. The highest BCUT2D eigenvalue weighted by atomic mass is 35.5. The van der Waals surface area contributed by atoms with Crippen molar-refractivity contribution in [2.45, 2.75) is 49.8 Å². The van der Waals surface area contributed by atoms with Crippen molar-refractivity contribution < 1.29 is 0 Å². The first kappa shape index (κ1) is 16.3. The van der Waals surface area contributed by atoms with Crippen LogP contribution in [0.1, 0.15) is 32.2 Å². The van der Waals surface area contributed by atoms with E-state index in [0.717, 1.165) is 33.0 Å². The minimum atomic E-state index is 0.0763. The van der Waals surface area contributed by atoms with Crippen molar-refractivity contribution in [3.05, 3.63) is 34.6 Å². The van der Waals surface area contributed by atoms with Gasteiger partial charge in [-0.25, -0.2) is 0 Å². The summed E-state index contributed by atoms with van der Waals surface area (Å²) < 4.78 is 1.97. The van der Waals surface area contributed by atoms with E-state index in [2.05, 4.69) is 48.4 Å². The summed E-state index contributed by atoms with van der Waals surface area (Å²) in [5.74, 6) is 0.898. The summed E-state index contributed by atoms with van der Waals surface area (Å²) in [7, 11) is 1.96. The Kier molecular flexibility index (Phi) is 4.96. The first-order chi connectivity index (χ1) is 9.76. The lowest BCUT2D eigenvalue weighted by molar-refractivity contribution is 0.424. The molecule has 0 amide bonds. The summed E-state index contributed by atoms with van der Waals surface area (Å²) in [6.07, 6.45) is 0. The Morgan fingerprint density at radius 1 is 1.29 bits per heavy atom. The predicted molar refractivity (Wildman–Crippen MR) is 87.9 cm³/mol. The number of hydrogen-bond acceptors (Lipinski definition) is 4. The van der Waals surface area contributed by atoms with E-state index in [1.807, 2.05) is 24.6 Å². The molecule has 2 aromatic rings. The van der Waals surface area contributed by atoms with E-state index in [-0.39, 0.29) is 5.54 Å². The Morgan fingerprint density at radius 3 is 2.52 bits per heavy atom. The Morgan fingerprint density at radius 2 is 2.00 bits per heavy atom. The highest BCUT2D eigenvalue weighted by Gasteiger charge is 2.12. The molecule has 0 bridgehead atoms. The number of benzene rings is 1. The molecule has 1 aromatic heterocycles. The van der Waals surface area contributed by atoms with Gasteiger partial charge in [0.25, 0.3) is 0 Å². The zero-order chi connectivity index (χ0) is 15.6. The standard InChI is InChI=1S/C15H21ClN4S/c1-10-18-19-14(20(10)5)21-12-7-6-11(13(16)8-12)9-17-15(2,3)4/h6-8,17H,9H2,1-5H3. The smallest absolute Gasteiger partial charge is 0.195 e. The molecule has 6 heteroatoms. The van der Waals surface area contributed by atoms with Gasteiger partial charge in [-0.1, -0.05) is 17.7 Å². The fourth-order valence-electron chi connectivity index (χ4n) is 1.68. The Labute approximate surface area is 135 Å². The summed E-state index contributed by atoms with van der Waals surface area (Å²) in [5, 5.41) is 13.3. The molecular weight excluding hydrogens is 304 g/mol. The molecular formula is C15H21ClN4S. The minimum Gasteiger partial charge on any atom is -0.309 e. The van der Waals surface area contributed by atoms with Gasteiger partial charge in [0.1, 0.15) is 5.82 Å². The van der Waals surface area contributed by atoms with Crippen LogP contribution in [0.15, 0.2) is 28.3 Å². The van der Waals surface area contributed by atoms with Crippen molar-refractivity contribution >= 4 is 23.4 Å². The third-order valence-electron chi connectivity index (χ3n) is 3.10. The third kappa shape index (κ3) is 4.46. The quantitative estimate of drug-likeness (QED) is 0.928. The average Bonchev–Trinajstić information content (AvgIpc) is 2.69. The maximum absolute atomic E-state index is 6.37. The van der Waals surface area contributed by atoms with Gasteiger partial charge in [-0.05, 0) is 57.2 Å². The van der Waals surface area contributed by atoms with E-state index in [1.54, 1.807) is 11.8 Å². The number of nitrogens with one attached hydrogen (secondary N) is 1. The van der Waals surface area contributed by atoms with Crippen LogP contribution in [-0.4, -0.2) is 20.3 Å². The zero-order valence-corrected chi connectivity index (χ0v) is 14.6. The predicted octanol–water partition coefficient (Wildman–Crippen LogP) is 3.82. The van der Waals surface area contributed by atoms with Crippen LogP contribution in [0.2, 0.25) is 5.02 Å². The number of hydrogen-bond donors (Lipinski definition) is 1. The van der Waals surface area contributed by atoms with Crippen LogP contribution in [0, 0.1) is 6.92 Å². The molecule has 0 aliphatic carbocycles. The molecule has 0 aliphatic rings. The van der Waals surface area contributed by atoms with E-state index < -0.39 is 0 Å². The lowest BCUT2D eigenvalue weighted by atomic mass is 10.1. The molecule has 1 N–H and O–H groups in total. The first-order valence-corrected chi connectivity index (χ1v) is 8.03. The first-order valence-electron chi connectivity index (χ1n) is 6.83. The SMILES string of the molecule is Cc1nnc(Sc2ccc(CNC(C)(C)C)c(Cl)c2)n1C. The fraction of sp³-hybridized carbons (Fsp3) is 0.467. The molecule has 114 valence electrons. The van der Waals surface area contributed by atoms with Gasteiger partial charge in [0.2, 0.25) is 0 Å². The maximum Gasteiger partial charge on any atom is 0.195 e. The third-order valence-corrected chi connectivity index (χ3v) is 4.48. The summed E-state index contributed by atoms with van der Waals surface area (Å²) >= 11 is 7.94. The van der Waals surface area contributed by atoms with Crippen LogP contribution in [0.25, 0.3) is 0 Å². The summed E-state index contributed by atoms with van der Waals surface area (Å²) in [4.78, 5) is 1.06. The van der Waals surface area contributed by atoms with Crippen molar-refractivity contribution in [3.8, 4) is 0 Å². The van der Waals surface area contributed by atoms with E-state index in [1.165, 1.54) is 0 Å². The minimum absolute atomic E-state index is 0.0763. The largest absolute Gasteiger partial charge is 0.309 e. The molecule has 0 radical (unpaired) electrons. The van der Waals surface area contributed by atoms with Gasteiger partial charge in [0.05, 0.1) is 0 Å². The Bertz CT molecular complexity index is 631. The summed E-state index contributed by atoms with van der Waals surface area (Å²) in [5.41, 5.74) is 1.18. The number of aromatic nitrogens is 3. The molecule has 1 heterocycles. The molecule has 2 rings (SSSR count). The summed E-state index contributed by atoms with van der Waals surface area (Å²) in [6.45, 7) is 9.12. The van der Waals surface area contributed by atoms with Gasteiger partial charge in [-0.2, -0.15) is 0 Å². The van der Waals surface area contributed by atoms with Gasteiger partial charge < -0.3 is 9.88 Å². The molecule has 0 unspecified atom stereocenters. The van der Waals surface area contributed by atoms with Crippen molar-refractivity contribution in [3.63, 3.8) is 0 Å². The van der Waals surface area contributed by atoms with Crippen LogP contribution >= 0.6 is 23.4 Å². The van der Waals surface area contributed by atoms with Crippen LogP contribution in [0.3, 0.4) is 0 Å². The second-order valence-electron chi connectivity index (χ2n) is 6.05. The molecule has 0 fully saturated rings. The second kappa shape index (κ2) is 6.38. The van der Waals surface area contributed by atoms with Gasteiger partial charge in [-0.3, -0.25) is 0 Å². The maximum atomic E-state index is 6.37. The van der Waals surface area contributed by atoms with E-state index in [9.17, 15) is 0 Å². The van der Waals surface area contributed by atoms with Crippen molar-refractivity contribution in [1.29, 1.82) is 0 Å². The van der Waals surface area contributed by atoms with Crippen LogP contribution in [-0.2, 0) is 13.6 Å². The van der Waals surface area contributed by atoms with E-state index in [4.69, 9.17) is 11.6 Å². The van der Waals surface area contributed by atoms with Crippen LogP contribution in [0.5, 0.6) is 0 Å². The monoisotopic (exact) mass is 324 g/mol. The van der Waals surface area contributed by atoms with Crippen molar-refractivity contribution in [2.75, 3.05) is 0 Å². The lowest BCUT2D eigenvalue weighted by Crippen LogP contribution is -2.35. The molecule has 0 saturated heterocycles. The average molecular weight is 325 g/mol. The molecule has 0 atom stereocenters. The van der Waals surface area contributed by atoms with Crippen molar-refractivity contribution in [1.82, 2.24) is 20.1 Å². The molecule has 0 aliphatic heterocycles. The van der Waals surface area contributed by atoms with E-state index in [0.29, 0.717) is 0 Å². The van der Waals surface area contributed by atoms with Gasteiger partial charge in [0, 0.05) is 29.0 Å². The number of halogens is 1. The van der Waals surface area contributed by atoms with Gasteiger partial charge in [-0.15, -0.1) is 10.2 Å². The normalized spacial score (nSPS) is 11.9. The Balaban J connectivity index is 2.10. The topological polar surface area (TPSA) is 42.7 Å². The van der Waals surface area contributed by atoms with E-state index >= 15 is 0 Å². The highest BCUT2D eigenvalue weighted by molar-refractivity contribution is 7.99.